The molecule has 0 bridgehead atoms. The molecular weight excluding hydrogens is 552 g/mol. The Labute approximate surface area is 238 Å². The van der Waals surface area contributed by atoms with Crippen molar-refractivity contribution in [2.24, 2.45) is 0 Å². The van der Waals surface area contributed by atoms with Crippen molar-refractivity contribution in [1.82, 2.24) is 15.0 Å². The van der Waals surface area contributed by atoms with Crippen molar-refractivity contribution in [1.29, 1.82) is 0 Å². The Morgan fingerprint density at radius 3 is 2.78 bits per heavy atom. The molecule has 206 valence electrons. The number of hydrogen-bond acceptors (Lipinski definition) is 8. The second-order valence-electron chi connectivity index (χ2n) is 9.58. The number of nitrogens with zero attached hydrogens (tertiary/aromatic N) is 4. The Morgan fingerprint density at radius 1 is 1.24 bits per heavy atom. The van der Waals surface area contributed by atoms with Gasteiger partial charge in [0.05, 0.1) is 29.1 Å². The average molecular weight is 574 g/mol. The minimum atomic E-state index is -0.846. The molecule has 3 N–H and O–H groups in total. The zero-order valence-corrected chi connectivity index (χ0v) is 22.6. The van der Waals surface area contributed by atoms with Gasteiger partial charge in [-0.3, -0.25) is 0 Å². The number of halogens is 3. The van der Waals surface area contributed by atoms with Crippen LogP contribution in [0.2, 0.25) is 5.02 Å². The third-order valence-electron chi connectivity index (χ3n) is 7.27. The number of phenolic OH excluding ortho intramolecular Hbond substituents is 1. The molecule has 3 heterocycles. The number of aromatic hydroxyl groups is 1. The summed E-state index contributed by atoms with van der Waals surface area (Å²) in [6.45, 7) is 0.119. The topological polar surface area (TPSA) is 107 Å². The summed E-state index contributed by atoms with van der Waals surface area (Å²) in [5.74, 6) is 1.46. The number of aromatic nitrogens is 3. The lowest BCUT2D eigenvalue weighted by Gasteiger charge is -2.27. The molecule has 8 nitrogen and oxygen atoms in total. The van der Waals surface area contributed by atoms with Gasteiger partial charge in [-0.05, 0) is 47.2 Å². The summed E-state index contributed by atoms with van der Waals surface area (Å²) in [4.78, 5) is 14.8. The van der Waals surface area contributed by atoms with Gasteiger partial charge in [-0.15, -0.1) is 6.42 Å². The summed E-state index contributed by atoms with van der Waals surface area (Å²) in [7, 11) is 3.16. The van der Waals surface area contributed by atoms with Gasteiger partial charge < -0.3 is 25.2 Å². The highest BCUT2D eigenvalue weighted by atomic mass is 35.5. The fourth-order valence-corrected chi connectivity index (χ4v) is 5.59. The molecule has 1 aliphatic rings. The van der Waals surface area contributed by atoms with E-state index in [1.807, 2.05) is 11.0 Å². The predicted molar refractivity (Wildman–Crippen MR) is 154 cm³/mol. The zero-order valence-electron chi connectivity index (χ0n) is 21.9. The number of ether oxygens (including phenoxy) is 2. The van der Waals surface area contributed by atoms with Crippen LogP contribution in [-0.2, 0) is 6.42 Å². The maximum Gasteiger partial charge on any atom is 0.318 e. The number of nitrogen functional groups attached to an aromatic ring is 1. The summed E-state index contributed by atoms with van der Waals surface area (Å²) in [5, 5.41) is 11.2. The Kier molecular flexibility index (Phi) is 6.39. The minimum absolute atomic E-state index is 0.0770. The van der Waals surface area contributed by atoms with Gasteiger partial charge in [0.1, 0.15) is 35.3 Å². The second kappa shape index (κ2) is 9.94. The molecular formula is C30H22ClF2N5O3. The molecule has 1 atom stereocenters. The van der Waals surface area contributed by atoms with Crippen molar-refractivity contribution in [3.8, 4) is 41.0 Å². The summed E-state index contributed by atoms with van der Waals surface area (Å²) >= 11 is 6.92. The molecule has 0 amide bonds. The van der Waals surface area contributed by atoms with Gasteiger partial charge >= 0.3 is 6.01 Å². The van der Waals surface area contributed by atoms with Crippen LogP contribution in [0.25, 0.3) is 32.8 Å². The van der Waals surface area contributed by atoms with Crippen LogP contribution in [0.1, 0.15) is 11.1 Å². The standard InChI is InChI=1S/C30H22ClF2N5O3/c1-4-18-20(32)8-7-14-11-17(39)12-19(21(14)18)22-24(31)27-23-26(25(22)33)36-30(40-3)37-29(23)38(2)16(13-41-27)10-15-6-5-9-35-28(15)34/h1,5-9,11-12,16,39H,10,13H2,2-3H3,(H2,34,35). The minimum Gasteiger partial charge on any atom is -0.508 e. The van der Waals surface area contributed by atoms with Crippen LogP contribution in [-0.4, -0.2) is 46.9 Å². The molecule has 0 radical (unpaired) electrons. The van der Waals surface area contributed by atoms with Crippen molar-refractivity contribution in [3.05, 3.63) is 70.4 Å². The van der Waals surface area contributed by atoms with Gasteiger partial charge in [0, 0.05) is 24.2 Å². The summed E-state index contributed by atoms with van der Waals surface area (Å²) in [6.07, 6.45) is 7.70. The first kappa shape index (κ1) is 26.3. The fourth-order valence-electron chi connectivity index (χ4n) is 5.25. The van der Waals surface area contributed by atoms with Crippen LogP contribution in [0.3, 0.4) is 0 Å². The Hall–Kier alpha value is -4.88. The van der Waals surface area contributed by atoms with Crippen LogP contribution >= 0.6 is 11.6 Å². The monoisotopic (exact) mass is 573 g/mol. The number of pyridine rings is 1. The van der Waals surface area contributed by atoms with Crippen molar-refractivity contribution in [2.45, 2.75) is 12.5 Å². The average Bonchev–Trinajstić information content (AvgIpc) is 3.09. The van der Waals surface area contributed by atoms with E-state index in [0.29, 0.717) is 23.4 Å². The van der Waals surface area contributed by atoms with E-state index in [9.17, 15) is 9.50 Å². The smallest absolute Gasteiger partial charge is 0.318 e. The third kappa shape index (κ3) is 4.17. The van der Waals surface area contributed by atoms with E-state index in [0.717, 1.165) is 5.56 Å². The molecule has 0 saturated heterocycles. The predicted octanol–water partition coefficient (Wildman–Crippen LogP) is 5.49. The van der Waals surface area contributed by atoms with E-state index in [2.05, 4.69) is 20.9 Å². The van der Waals surface area contributed by atoms with Crippen LogP contribution in [0, 0.1) is 24.0 Å². The fraction of sp³-hybridized carbons (Fsp3) is 0.167. The van der Waals surface area contributed by atoms with E-state index >= 15 is 4.39 Å². The highest BCUT2D eigenvalue weighted by Crippen LogP contribution is 2.50. The molecule has 1 aliphatic heterocycles. The summed E-state index contributed by atoms with van der Waals surface area (Å²) < 4.78 is 43.0. The quantitative estimate of drug-likeness (QED) is 0.272. The number of hydrogen-bond donors (Lipinski definition) is 2. The first-order valence-electron chi connectivity index (χ1n) is 12.5. The largest absolute Gasteiger partial charge is 0.508 e. The highest BCUT2D eigenvalue weighted by Gasteiger charge is 2.33. The molecule has 2 aromatic heterocycles. The first-order chi connectivity index (χ1) is 19.7. The van der Waals surface area contributed by atoms with Crippen LogP contribution in [0.5, 0.6) is 17.5 Å². The number of fused-ring (bicyclic) bond motifs is 1. The Morgan fingerprint density at radius 2 is 2.05 bits per heavy atom. The summed E-state index contributed by atoms with van der Waals surface area (Å²) in [5.41, 5.74) is 6.57. The van der Waals surface area contributed by atoms with E-state index in [1.54, 1.807) is 19.3 Å². The number of terminal acetylenes is 1. The maximum atomic E-state index is 16.6. The number of rotatable bonds is 4. The molecule has 11 heteroatoms. The molecule has 6 rings (SSSR count). The molecule has 1 unspecified atom stereocenters. The highest BCUT2D eigenvalue weighted by molar-refractivity contribution is 6.37. The van der Waals surface area contributed by atoms with Gasteiger partial charge in [-0.1, -0.05) is 29.7 Å². The molecule has 41 heavy (non-hydrogen) atoms. The van der Waals surface area contributed by atoms with Crippen molar-refractivity contribution < 1.29 is 23.4 Å². The number of benzene rings is 3. The van der Waals surface area contributed by atoms with Crippen molar-refractivity contribution in [2.75, 3.05) is 31.4 Å². The van der Waals surface area contributed by atoms with Gasteiger partial charge in [0.25, 0.3) is 0 Å². The number of phenols is 1. The maximum absolute atomic E-state index is 16.6. The Balaban J connectivity index is 1.64. The first-order valence-corrected chi connectivity index (χ1v) is 12.8. The molecule has 0 saturated carbocycles. The van der Waals surface area contributed by atoms with Gasteiger partial charge in [0.2, 0.25) is 0 Å². The van der Waals surface area contributed by atoms with Gasteiger partial charge in [-0.25, -0.2) is 13.8 Å². The van der Waals surface area contributed by atoms with E-state index in [1.165, 1.54) is 31.4 Å². The van der Waals surface area contributed by atoms with E-state index in [4.69, 9.17) is 33.2 Å². The normalized spacial score (nSPS) is 14.5. The third-order valence-corrected chi connectivity index (χ3v) is 7.63. The van der Waals surface area contributed by atoms with Crippen LogP contribution < -0.4 is 20.1 Å². The molecule has 3 aromatic carbocycles. The molecule has 0 spiro atoms. The van der Waals surface area contributed by atoms with Crippen LogP contribution in [0.15, 0.2) is 42.6 Å². The van der Waals surface area contributed by atoms with Gasteiger partial charge in [-0.2, -0.15) is 9.97 Å². The number of nitrogens with two attached hydrogens (primary N) is 1. The number of anilines is 2. The second-order valence-corrected chi connectivity index (χ2v) is 9.95. The lowest BCUT2D eigenvalue weighted by Crippen LogP contribution is -2.38. The molecule has 5 aromatic rings. The van der Waals surface area contributed by atoms with Gasteiger partial charge in [0.15, 0.2) is 11.6 Å². The van der Waals surface area contributed by atoms with Crippen molar-refractivity contribution >= 4 is 44.9 Å². The molecule has 0 aliphatic carbocycles. The van der Waals surface area contributed by atoms with Crippen LogP contribution in [0.4, 0.5) is 20.4 Å². The number of methoxy groups -OCH3 is 1. The molecule has 0 fully saturated rings. The van der Waals surface area contributed by atoms with E-state index < -0.39 is 11.6 Å². The number of likely N-dealkylation sites (N-methyl/N-ethyl adjacent to an activating group) is 1. The lowest BCUT2D eigenvalue weighted by atomic mass is 9.92. The zero-order chi connectivity index (χ0) is 29.0. The van der Waals surface area contributed by atoms with Crippen molar-refractivity contribution in [3.63, 3.8) is 0 Å². The SMILES string of the molecule is C#Cc1c(F)ccc2cc(O)cc(-c3c(Cl)c4c5c(nc(OC)nc5c3F)N(C)C(Cc3cccnc3N)CO4)c12. The Bertz CT molecular complexity index is 1930. The lowest BCUT2D eigenvalue weighted by molar-refractivity contribution is 0.291. The van der Waals surface area contributed by atoms with E-state index in [-0.39, 0.29) is 68.2 Å². The summed E-state index contributed by atoms with van der Waals surface area (Å²) in [6, 6.07) is 8.57.